The second-order valence-corrected chi connectivity index (χ2v) is 3.46. The molecule has 0 atom stereocenters. The number of halogens is 1. The molecule has 1 rings (SSSR count). The summed E-state index contributed by atoms with van der Waals surface area (Å²) in [7, 11) is 0. The predicted octanol–water partition coefficient (Wildman–Crippen LogP) is 0.857. The standard InChI is InChI=1S/C10H9FN2O5/c1-5-2-6(13(17)18)3-7(9(5)11)10(16)12-4-8(14)15/h2-3H,4H2,1H3,(H,12,16)(H,14,15). The van der Waals surface area contributed by atoms with E-state index in [2.05, 4.69) is 0 Å². The summed E-state index contributed by atoms with van der Waals surface area (Å²) >= 11 is 0. The van der Waals surface area contributed by atoms with Gasteiger partial charge in [0, 0.05) is 12.1 Å². The van der Waals surface area contributed by atoms with E-state index in [0.717, 1.165) is 12.1 Å². The molecule has 1 amide bonds. The number of rotatable bonds is 4. The van der Waals surface area contributed by atoms with Gasteiger partial charge in [0.2, 0.25) is 0 Å². The molecule has 0 bridgehead atoms. The lowest BCUT2D eigenvalue weighted by Crippen LogP contribution is -2.30. The van der Waals surface area contributed by atoms with Crippen LogP contribution in [0.15, 0.2) is 12.1 Å². The molecule has 18 heavy (non-hydrogen) atoms. The number of nitrogens with zero attached hydrogens (tertiary/aromatic N) is 1. The van der Waals surface area contributed by atoms with Gasteiger partial charge in [-0.25, -0.2) is 4.39 Å². The summed E-state index contributed by atoms with van der Waals surface area (Å²) in [6, 6.07) is 1.75. The number of carboxylic acids is 1. The van der Waals surface area contributed by atoms with Crippen LogP contribution in [0, 0.1) is 22.9 Å². The normalized spacial score (nSPS) is 9.89. The Bertz CT molecular complexity index is 529. The van der Waals surface area contributed by atoms with Crippen molar-refractivity contribution < 1.29 is 24.0 Å². The maximum Gasteiger partial charge on any atom is 0.322 e. The van der Waals surface area contributed by atoms with Crippen LogP contribution in [0.4, 0.5) is 10.1 Å². The van der Waals surface area contributed by atoms with Gasteiger partial charge in [0.1, 0.15) is 12.4 Å². The van der Waals surface area contributed by atoms with E-state index in [1.165, 1.54) is 6.92 Å². The first-order valence-corrected chi connectivity index (χ1v) is 4.77. The highest BCUT2D eigenvalue weighted by atomic mass is 19.1. The van der Waals surface area contributed by atoms with Gasteiger partial charge >= 0.3 is 5.97 Å². The van der Waals surface area contributed by atoms with Gasteiger partial charge in [0.05, 0.1) is 10.5 Å². The van der Waals surface area contributed by atoms with Crippen LogP contribution < -0.4 is 5.32 Å². The third-order valence-electron chi connectivity index (χ3n) is 2.09. The fourth-order valence-corrected chi connectivity index (χ4v) is 1.27. The average Bonchev–Trinajstić information content (AvgIpc) is 2.29. The smallest absolute Gasteiger partial charge is 0.322 e. The number of benzene rings is 1. The first-order valence-electron chi connectivity index (χ1n) is 4.77. The largest absolute Gasteiger partial charge is 0.480 e. The van der Waals surface area contributed by atoms with Crippen LogP contribution in [0.5, 0.6) is 0 Å². The summed E-state index contributed by atoms with van der Waals surface area (Å²) in [5.41, 5.74) is -1.05. The van der Waals surface area contributed by atoms with E-state index in [9.17, 15) is 24.1 Å². The van der Waals surface area contributed by atoms with Gasteiger partial charge in [-0.1, -0.05) is 0 Å². The maximum atomic E-state index is 13.6. The summed E-state index contributed by atoms with van der Waals surface area (Å²) in [6.07, 6.45) is 0. The number of carbonyl (C=O) groups is 2. The predicted molar refractivity (Wildman–Crippen MR) is 57.8 cm³/mol. The van der Waals surface area contributed by atoms with Crippen LogP contribution in [0.25, 0.3) is 0 Å². The van der Waals surface area contributed by atoms with Crippen molar-refractivity contribution >= 4 is 17.6 Å². The fraction of sp³-hybridized carbons (Fsp3) is 0.200. The zero-order valence-corrected chi connectivity index (χ0v) is 9.27. The molecule has 0 aliphatic heterocycles. The highest BCUT2D eigenvalue weighted by Crippen LogP contribution is 2.20. The summed E-state index contributed by atoms with van der Waals surface area (Å²) in [6.45, 7) is 0.580. The number of hydrogen-bond acceptors (Lipinski definition) is 4. The Morgan fingerprint density at radius 3 is 2.61 bits per heavy atom. The molecule has 2 N–H and O–H groups in total. The van der Waals surface area contributed by atoms with Gasteiger partial charge < -0.3 is 10.4 Å². The van der Waals surface area contributed by atoms with Crippen LogP contribution in [-0.4, -0.2) is 28.5 Å². The third kappa shape index (κ3) is 3.00. The van der Waals surface area contributed by atoms with E-state index in [1.807, 2.05) is 5.32 Å². The molecule has 1 aromatic rings. The molecular formula is C10H9FN2O5. The zero-order chi connectivity index (χ0) is 13.9. The van der Waals surface area contributed by atoms with Gasteiger partial charge in [-0.05, 0) is 12.5 Å². The lowest BCUT2D eigenvalue weighted by molar-refractivity contribution is -0.385. The molecule has 8 heteroatoms. The highest BCUT2D eigenvalue weighted by molar-refractivity contribution is 5.96. The molecule has 0 unspecified atom stereocenters. The Kier molecular flexibility index (Phi) is 3.93. The molecule has 0 aliphatic carbocycles. The van der Waals surface area contributed by atoms with Crippen LogP contribution in [0.2, 0.25) is 0 Å². The third-order valence-corrected chi connectivity index (χ3v) is 2.09. The number of carbonyl (C=O) groups excluding carboxylic acids is 1. The molecule has 0 saturated carbocycles. The first kappa shape index (κ1) is 13.6. The minimum absolute atomic E-state index is 0.0651. The molecule has 0 fully saturated rings. The Morgan fingerprint density at radius 1 is 1.50 bits per heavy atom. The molecule has 0 spiro atoms. The maximum absolute atomic E-state index is 13.6. The summed E-state index contributed by atoms with van der Waals surface area (Å²) in [5.74, 6) is -3.23. The molecular weight excluding hydrogens is 247 g/mol. The summed E-state index contributed by atoms with van der Waals surface area (Å²) < 4.78 is 13.6. The van der Waals surface area contributed by atoms with E-state index in [1.54, 1.807) is 0 Å². The van der Waals surface area contributed by atoms with Crippen molar-refractivity contribution in [2.75, 3.05) is 6.54 Å². The minimum Gasteiger partial charge on any atom is -0.480 e. The van der Waals surface area contributed by atoms with Crippen molar-refractivity contribution in [1.29, 1.82) is 0 Å². The van der Waals surface area contributed by atoms with Gasteiger partial charge in [-0.3, -0.25) is 19.7 Å². The number of nitro benzene ring substituents is 1. The van der Waals surface area contributed by atoms with Gasteiger partial charge in [0.15, 0.2) is 0 Å². The molecule has 1 aromatic carbocycles. The molecule has 0 aromatic heterocycles. The van der Waals surface area contributed by atoms with Crippen LogP contribution in [0.1, 0.15) is 15.9 Å². The molecule has 96 valence electrons. The minimum atomic E-state index is -1.30. The quantitative estimate of drug-likeness (QED) is 0.613. The monoisotopic (exact) mass is 256 g/mol. The lowest BCUT2D eigenvalue weighted by atomic mass is 10.1. The first-order chi connectivity index (χ1) is 8.32. The number of amides is 1. The van der Waals surface area contributed by atoms with E-state index in [0.29, 0.717) is 0 Å². The Labute approximate surface area is 100 Å². The second-order valence-electron chi connectivity index (χ2n) is 3.46. The number of hydrogen-bond donors (Lipinski definition) is 2. The van der Waals surface area contributed by atoms with E-state index >= 15 is 0 Å². The summed E-state index contributed by atoms with van der Waals surface area (Å²) in [4.78, 5) is 31.5. The van der Waals surface area contributed by atoms with Gasteiger partial charge in [0.25, 0.3) is 11.6 Å². The van der Waals surface area contributed by atoms with Crippen LogP contribution in [-0.2, 0) is 4.79 Å². The topological polar surface area (TPSA) is 110 Å². The van der Waals surface area contributed by atoms with E-state index in [4.69, 9.17) is 5.11 Å². The van der Waals surface area contributed by atoms with Gasteiger partial charge in [-0.15, -0.1) is 0 Å². The zero-order valence-electron chi connectivity index (χ0n) is 9.27. The fourth-order valence-electron chi connectivity index (χ4n) is 1.27. The number of nitro groups is 1. The molecule has 0 heterocycles. The van der Waals surface area contributed by atoms with Crippen LogP contribution in [0.3, 0.4) is 0 Å². The Hall–Kier alpha value is -2.51. The van der Waals surface area contributed by atoms with E-state index < -0.39 is 40.4 Å². The Balaban J connectivity index is 3.10. The van der Waals surface area contributed by atoms with Crippen molar-refractivity contribution in [2.24, 2.45) is 0 Å². The van der Waals surface area contributed by atoms with Crippen molar-refractivity contribution in [3.8, 4) is 0 Å². The van der Waals surface area contributed by atoms with Crippen LogP contribution >= 0.6 is 0 Å². The SMILES string of the molecule is Cc1cc([N+](=O)[O-])cc(C(=O)NCC(=O)O)c1F. The van der Waals surface area contributed by atoms with Crippen molar-refractivity contribution in [1.82, 2.24) is 5.32 Å². The number of non-ortho nitro benzene ring substituents is 1. The number of aryl methyl sites for hydroxylation is 1. The van der Waals surface area contributed by atoms with E-state index in [-0.39, 0.29) is 5.56 Å². The van der Waals surface area contributed by atoms with Crippen molar-refractivity contribution in [3.05, 3.63) is 39.2 Å². The number of nitrogens with one attached hydrogen (secondary N) is 1. The number of carboxylic acid groups (broad SMARTS) is 1. The molecule has 0 radical (unpaired) electrons. The molecule has 0 saturated heterocycles. The van der Waals surface area contributed by atoms with Crippen molar-refractivity contribution in [2.45, 2.75) is 6.92 Å². The lowest BCUT2D eigenvalue weighted by Gasteiger charge is -2.05. The highest BCUT2D eigenvalue weighted by Gasteiger charge is 2.19. The molecule has 0 aliphatic rings. The second kappa shape index (κ2) is 5.21. The molecule has 7 nitrogen and oxygen atoms in total. The Morgan fingerprint density at radius 2 is 2.11 bits per heavy atom. The van der Waals surface area contributed by atoms with Gasteiger partial charge in [-0.2, -0.15) is 0 Å². The summed E-state index contributed by atoms with van der Waals surface area (Å²) in [5, 5.41) is 20.9. The van der Waals surface area contributed by atoms with Crippen molar-refractivity contribution in [3.63, 3.8) is 0 Å². The number of aliphatic carboxylic acids is 1. The average molecular weight is 256 g/mol.